The lowest BCUT2D eigenvalue weighted by atomic mass is 10.0. The van der Waals surface area contributed by atoms with E-state index in [0.717, 1.165) is 32.0 Å². The van der Waals surface area contributed by atoms with Gasteiger partial charge in [0.25, 0.3) is 0 Å². The lowest BCUT2D eigenvalue weighted by Crippen LogP contribution is -1.97. The van der Waals surface area contributed by atoms with Gasteiger partial charge in [-0.1, -0.05) is 42.5 Å². The molecule has 0 aliphatic carbocycles. The van der Waals surface area contributed by atoms with E-state index in [0.29, 0.717) is 5.57 Å². The number of carbonyl (C=O) groups is 1. The van der Waals surface area contributed by atoms with Crippen LogP contribution in [0.5, 0.6) is 0 Å². The molecule has 5 nitrogen and oxygen atoms in total. The number of hydrogen-bond acceptors (Lipinski definition) is 4. The first-order valence-electron chi connectivity index (χ1n) is 8.47. The van der Waals surface area contributed by atoms with E-state index in [1.807, 2.05) is 73.9 Å². The van der Waals surface area contributed by atoms with Gasteiger partial charge in [0.1, 0.15) is 5.01 Å². The number of para-hydroxylation sites is 1. The van der Waals surface area contributed by atoms with Crippen molar-refractivity contribution in [1.29, 1.82) is 0 Å². The predicted octanol–water partition coefficient (Wildman–Crippen LogP) is 4.71. The molecule has 1 N–H and O–H groups in total. The third-order valence-corrected chi connectivity index (χ3v) is 5.26. The molecule has 0 saturated heterocycles. The molecule has 2 aromatic carbocycles. The van der Waals surface area contributed by atoms with Gasteiger partial charge >= 0.3 is 5.97 Å². The molecule has 6 heteroatoms. The number of carboxylic acids is 1. The molecule has 0 radical (unpaired) electrons. The number of hydrogen-bond donors (Lipinski definition) is 1. The molecule has 4 aromatic rings. The Labute approximate surface area is 160 Å². The Morgan fingerprint density at radius 1 is 1.15 bits per heavy atom. The Morgan fingerprint density at radius 2 is 1.89 bits per heavy atom. The first-order chi connectivity index (χ1) is 13.1. The zero-order chi connectivity index (χ0) is 18.8. The first kappa shape index (κ1) is 17.2. The van der Waals surface area contributed by atoms with Crippen LogP contribution < -0.4 is 0 Å². The molecule has 0 spiro atoms. The smallest absolute Gasteiger partial charge is 0.307 e. The summed E-state index contributed by atoms with van der Waals surface area (Å²) in [5, 5.41) is 14.7. The number of carboxylic acid groups (broad SMARTS) is 1. The number of fused-ring (bicyclic) bond motifs is 1. The van der Waals surface area contributed by atoms with Crippen molar-refractivity contribution in [2.24, 2.45) is 7.05 Å². The number of aliphatic carboxylic acids is 1. The highest BCUT2D eigenvalue weighted by molar-refractivity contribution is 7.19. The van der Waals surface area contributed by atoms with Gasteiger partial charge in [0.05, 0.1) is 22.3 Å². The quantitative estimate of drug-likeness (QED) is 0.548. The van der Waals surface area contributed by atoms with Crippen molar-refractivity contribution in [2.45, 2.75) is 6.42 Å². The van der Waals surface area contributed by atoms with Crippen molar-refractivity contribution in [1.82, 2.24) is 14.8 Å². The van der Waals surface area contributed by atoms with Crippen LogP contribution in [-0.2, 0) is 11.8 Å². The van der Waals surface area contributed by atoms with Gasteiger partial charge in [0, 0.05) is 24.4 Å². The molecule has 0 aliphatic rings. The van der Waals surface area contributed by atoms with E-state index in [1.54, 1.807) is 4.68 Å². The van der Waals surface area contributed by atoms with Crippen LogP contribution in [-0.4, -0.2) is 25.8 Å². The fraction of sp³-hybridized carbons (Fsp3) is 0.0952. The van der Waals surface area contributed by atoms with Gasteiger partial charge in [-0.05, 0) is 23.8 Å². The highest BCUT2D eigenvalue weighted by Crippen LogP contribution is 2.32. The van der Waals surface area contributed by atoms with Gasteiger partial charge in [0.15, 0.2) is 0 Å². The predicted molar refractivity (Wildman–Crippen MR) is 108 cm³/mol. The Hall–Kier alpha value is -3.25. The molecule has 0 atom stereocenters. The molecule has 0 fully saturated rings. The first-order valence-corrected chi connectivity index (χ1v) is 9.29. The van der Waals surface area contributed by atoms with Crippen LogP contribution >= 0.6 is 11.3 Å². The summed E-state index contributed by atoms with van der Waals surface area (Å²) in [7, 11) is 1.86. The number of benzene rings is 2. The van der Waals surface area contributed by atoms with Crippen molar-refractivity contribution in [2.75, 3.05) is 0 Å². The van der Waals surface area contributed by atoms with Crippen LogP contribution in [0.25, 0.3) is 33.1 Å². The number of nitrogens with zero attached hydrogens (tertiary/aromatic N) is 3. The largest absolute Gasteiger partial charge is 0.481 e. The Kier molecular flexibility index (Phi) is 4.56. The highest BCUT2D eigenvalue weighted by Gasteiger charge is 2.15. The average molecular weight is 375 g/mol. The van der Waals surface area contributed by atoms with Crippen LogP contribution in [0, 0.1) is 0 Å². The third-order valence-electron chi connectivity index (χ3n) is 4.14. The summed E-state index contributed by atoms with van der Waals surface area (Å²) in [6.07, 6.45) is 3.70. The molecular weight excluding hydrogens is 358 g/mol. The molecule has 0 saturated carbocycles. The second-order valence-corrected chi connectivity index (χ2v) is 7.23. The molecule has 0 amide bonds. The lowest BCUT2D eigenvalue weighted by Gasteiger charge is -2.02. The SMILES string of the molecule is Cn1cc(/C=C(\CC(=O)O)c2nc3ccccc3s2)c(-c2ccccc2)n1. The zero-order valence-corrected chi connectivity index (χ0v) is 15.5. The van der Waals surface area contributed by atoms with Crippen LogP contribution in [0.4, 0.5) is 0 Å². The average Bonchev–Trinajstić information content (AvgIpc) is 3.25. The normalized spacial score (nSPS) is 11.8. The van der Waals surface area contributed by atoms with E-state index < -0.39 is 5.97 Å². The summed E-state index contributed by atoms with van der Waals surface area (Å²) < 4.78 is 2.78. The van der Waals surface area contributed by atoms with Gasteiger partial charge in [0.2, 0.25) is 0 Å². The molecular formula is C21H17N3O2S. The summed E-state index contributed by atoms with van der Waals surface area (Å²) in [6.45, 7) is 0. The van der Waals surface area contributed by atoms with Crippen LogP contribution in [0.2, 0.25) is 0 Å². The van der Waals surface area contributed by atoms with Gasteiger partial charge in [-0.2, -0.15) is 5.10 Å². The summed E-state index contributed by atoms with van der Waals surface area (Å²) in [6, 6.07) is 17.7. The molecule has 0 unspecified atom stereocenters. The fourth-order valence-corrected chi connectivity index (χ4v) is 3.96. The summed E-state index contributed by atoms with van der Waals surface area (Å²) >= 11 is 1.51. The second-order valence-electron chi connectivity index (χ2n) is 6.20. The Balaban J connectivity index is 1.84. The Morgan fingerprint density at radius 3 is 2.63 bits per heavy atom. The van der Waals surface area contributed by atoms with Crippen LogP contribution in [0.3, 0.4) is 0 Å². The molecule has 0 aliphatic heterocycles. The molecule has 134 valence electrons. The minimum absolute atomic E-state index is 0.0943. The fourth-order valence-electron chi connectivity index (χ4n) is 2.98. The van der Waals surface area contributed by atoms with Crippen molar-refractivity contribution in [3.05, 3.63) is 71.4 Å². The maximum absolute atomic E-state index is 11.5. The van der Waals surface area contributed by atoms with Crippen LogP contribution in [0.1, 0.15) is 17.0 Å². The monoisotopic (exact) mass is 375 g/mol. The maximum Gasteiger partial charge on any atom is 0.307 e. The van der Waals surface area contributed by atoms with Gasteiger partial charge in [-0.15, -0.1) is 11.3 Å². The standard InChI is InChI=1S/C21H17N3O2S/c1-24-13-16(20(23-24)14-7-3-2-4-8-14)11-15(12-19(25)26)21-22-17-9-5-6-10-18(17)27-21/h2-11,13H,12H2,1H3,(H,25,26)/b15-11+. The zero-order valence-electron chi connectivity index (χ0n) is 14.7. The lowest BCUT2D eigenvalue weighted by molar-refractivity contribution is -0.135. The molecule has 2 aromatic heterocycles. The van der Waals surface area contributed by atoms with E-state index in [-0.39, 0.29) is 6.42 Å². The van der Waals surface area contributed by atoms with Crippen molar-refractivity contribution in [3.63, 3.8) is 0 Å². The number of aromatic nitrogens is 3. The van der Waals surface area contributed by atoms with E-state index in [9.17, 15) is 9.90 Å². The van der Waals surface area contributed by atoms with Crippen molar-refractivity contribution < 1.29 is 9.90 Å². The third kappa shape index (κ3) is 3.66. The molecule has 4 rings (SSSR count). The topological polar surface area (TPSA) is 68.0 Å². The maximum atomic E-state index is 11.5. The summed E-state index contributed by atoms with van der Waals surface area (Å²) in [5.74, 6) is -0.884. The van der Waals surface area contributed by atoms with E-state index in [2.05, 4.69) is 10.1 Å². The van der Waals surface area contributed by atoms with E-state index in [1.165, 1.54) is 11.3 Å². The number of thiazole rings is 1. The van der Waals surface area contributed by atoms with E-state index in [4.69, 9.17) is 0 Å². The minimum Gasteiger partial charge on any atom is -0.481 e. The Bertz CT molecular complexity index is 1110. The number of aryl methyl sites for hydroxylation is 1. The highest BCUT2D eigenvalue weighted by atomic mass is 32.1. The molecule has 2 heterocycles. The van der Waals surface area contributed by atoms with Gasteiger partial charge < -0.3 is 5.11 Å². The van der Waals surface area contributed by atoms with Gasteiger partial charge in [-0.25, -0.2) is 4.98 Å². The minimum atomic E-state index is -0.884. The summed E-state index contributed by atoms with van der Waals surface area (Å²) in [4.78, 5) is 16.1. The van der Waals surface area contributed by atoms with Crippen LogP contribution in [0.15, 0.2) is 60.8 Å². The second kappa shape index (κ2) is 7.17. The van der Waals surface area contributed by atoms with E-state index >= 15 is 0 Å². The van der Waals surface area contributed by atoms with Crippen molar-refractivity contribution in [3.8, 4) is 11.3 Å². The summed E-state index contributed by atoms with van der Waals surface area (Å²) in [5.41, 5.74) is 4.24. The number of rotatable bonds is 5. The molecule has 0 bridgehead atoms. The van der Waals surface area contributed by atoms with Gasteiger partial charge in [-0.3, -0.25) is 9.48 Å². The molecule has 27 heavy (non-hydrogen) atoms. The van der Waals surface area contributed by atoms with Crippen molar-refractivity contribution >= 4 is 39.2 Å².